The van der Waals surface area contributed by atoms with Crippen molar-refractivity contribution >= 4 is 16.8 Å². The molecule has 0 radical (unpaired) electrons. The molecule has 0 unspecified atom stereocenters. The Morgan fingerprint density at radius 1 is 1.40 bits per heavy atom. The summed E-state index contributed by atoms with van der Waals surface area (Å²) >= 11 is 5.13. The number of carbonyl (C=O) groups is 1. The van der Waals surface area contributed by atoms with Crippen molar-refractivity contribution in [2.45, 2.75) is 32.1 Å². The molecule has 10 heavy (non-hydrogen) atoms. The number of halogens is 1. The maximum Gasteiger partial charge on any atom is 0.221 e. The highest BCUT2D eigenvalue weighted by atomic mass is 35.5. The quantitative estimate of drug-likeness (QED) is 0.332. The fourth-order valence-corrected chi connectivity index (χ4v) is 0.863. The Hall–Kier alpha value is -0.300. The summed E-state index contributed by atoms with van der Waals surface area (Å²) in [6, 6.07) is 0. The Labute approximate surface area is 67.1 Å². The van der Waals surface area contributed by atoms with E-state index in [1.165, 1.54) is 0 Å². The lowest BCUT2D eigenvalue weighted by atomic mass is 10.1. The van der Waals surface area contributed by atoms with E-state index in [1.54, 1.807) is 0 Å². The van der Waals surface area contributed by atoms with Gasteiger partial charge in [-0.15, -0.1) is 6.58 Å². The van der Waals surface area contributed by atoms with Crippen molar-refractivity contribution in [1.29, 1.82) is 0 Å². The van der Waals surface area contributed by atoms with E-state index >= 15 is 0 Å². The van der Waals surface area contributed by atoms with Crippen LogP contribution in [0.4, 0.5) is 0 Å². The number of unbranched alkanes of at least 4 members (excludes halogenated alkanes) is 3. The summed E-state index contributed by atoms with van der Waals surface area (Å²) in [5.41, 5.74) is 0. The van der Waals surface area contributed by atoms with E-state index < -0.39 is 0 Å². The Kier molecular flexibility index (Phi) is 6.61. The monoisotopic (exact) mass is 160 g/mol. The van der Waals surface area contributed by atoms with Crippen LogP contribution < -0.4 is 0 Å². The summed E-state index contributed by atoms with van der Waals surface area (Å²) in [6.45, 7) is 3.60. The molecule has 0 aliphatic heterocycles. The summed E-state index contributed by atoms with van der Waals surface area (Å²) in [5, 5.41) is -0.224. The minimum Gasteiger partial charge on any atom is -0.281 e. The van der Waals surface area contributed by atoms with Gasteiger partial charge in [-0.1, -0.05) is 12.5 Å². The fourth-order valence-electron chi connectivity index (χ4n) is 0.729. The molecule has 1 nitrogen and oxygen atoms in total. The summed E-state index contributed by atoms with van der Waals surface area (Å²) in [7, 11) is 0. The molecule has 58 valence electrons. The van der Waals surface area contributed by atoms with E-state index in [0.29, 0.717) is 6.42 Å². The second kappa shape index (κ2) is 6.81. The standard InChI is InChI=1S/C8H13ClO/c1-2-3-4-5-6-7-8(9)10/h2H,1,3-7H2. The normalized spacial score (nSPS) is 9.30. The molecule has 0 atom stereocenters. The largest absolute Gasteiger partial charge is 0.281 e. The van der Waals surface area contributed by atoms with Gasteiger partial charge >= 0.3 is 0 Å². The average molecular weight is 161 g/mol. The van der Waals surface area contributed by atoms with Gasteiger partial charge in [0.15, 0.2) is 0 Å². The van der Waals surface area contributed by atoms with E-state index in [-0.39, 0.29) is 5.24 Å². The van der Waals surface area contributed by atoms with Gasteiger partial charge in [-0.2, -0.15) is 0 Å². The zero-order valence-corrected chi connectivity index (χ0v) is 6.86. The van der Waals surface area contributed by atoms with Crippen molar-refractivity contribution in [1.82, 2.24) is 0 Å². The zero-order valence-electron chi connectivity index (χ0n) is 6.11. The molecule has 0 saturated carbocycles. The van der Waals surface area contributed by atoms with Crippen molar-refractivity contribution in [3.8, 4) is 0 Å². The van der Waals surface area contributed by atoms with E-state index in [0.717, 1.165) is 25.7 Å². The first-order chi connectivity index (χ1) is 4.77. The molecule has 0 rings (SSSR count). The Bertz CT molecular complexity index is 110. The summed E-state index contributed by atoms with van der Waals surface area (Å²) in [6.07, 6.45) is 6.55. The number of carbonyl (C=O) groups excluding carboxylic acids is 1. The topological polar surface area (TPSA) is 17.1 Å². The molecule has 0 aromatic heterocycles. The molecular weight excluding hydrogens is 148 g/mol. The molecule has 0 aromatic carbocycles. The molecular formula is C8H13ClO. The van der Waals surface area contributed by atoms with E-state index in [2.05, 4.69) is 6.58 Å². The van der Waals surface area contributed by atoms with Gasteiger partial charge in [0.1, 0.15) is 0 Å². The molecule has 0 spiro atoms. The first-order valence-electron chi connectivity index (χ1n) is 3.56. The molecule has 0 saturated heterocycles. The van der Waals surface area contributed by atoms with Gasteiger partial charge in [-0.25, -0.2) is 0 Å². The van der Waals surface area contributed by atoms with Crippen molar-refractivity contribution < 1.29 is 4.79 Å². The third kappa shape index (κ3) is 7.70. The summed E-state index contributed by atoms with van der Waals surface area (Å²) in [5.74, 6) is 0. The van der Waals surface area contributed by atoms with Gasteiger partial charge in [-0.3, -0.25) is 4.79 Å². The van der Waals surface area contributed by atoms with Gasteiger partial charge in [0, 0.05) is 6.42 Å². The lowest BCUT2D eigenvalue weighted by molar-refractivity contribution is -0.111. The molecule has 0 heterocycles. The smallest absolute Gasteiger partial charge is 0.221 e. The van der Waals surface area contributed by atoms with E-state index in [4.69, 9.17) is 11.6 Å². The second-order valence-electron chi connectivity index (χ2n) is 2.24. The average Bonchev–Trinajstić information content (AvgIpc) is 1.87. The number of hydrogen-bond donors (Lipinski definition) is 0. The zero-order chi connectivity index (χ0) is 7.82. The Morgan fingerprint density at radius 3 is 2.60 bits per heavy atom. The van der Waals surface area contributed by atoms with Crippen molar-refractivity contribution in [2.75, 3.05) is 0 Å². The van der Waals surface area contributed by atoms with Crippen molar-refractivity contribution in [3.05, 3.63) is 12.7 Å². The fraction of sp³-hybridized carbons (Fsp3) is 0.625. The van der Waals surface area contributed by atoms with E-state index in [1.807, 2.05) is 6.08 Å². The predicted molar refractivity (Wildman–Crippen MR) is 44.1 cm³/mol. The van der Waals surface area contributed by atoms with Gasteiger partial charge in [0.25, 0.3) is 0 Å². The maximum atomic E-state index is 10.2. The van der Waals surface area contributed by atoms with Crippen LogP contribution in [0.5, 0.6) is 0 Å². The van der Waals surface area contributed by atoms with Crippen molar-refractivity contribution in [2.24, 2.45) is 0 Å². The minimum atomic E-state index is -0.224. The maximum absolute atomic E-state index is 10.2. The lowest BCUT2D eigenvalue weighted by Crippen LogP contribution is -1.85. The molecule has 0 aromatic rings. The van der Waals surface area contributed by atoms with Crippen LogP contribution >= 0.6 is 11.6 Å². The van der Waals surface area contributed by atoms with Gasteiger partial charge in [-0.05, 0) is 30.9 Å². The van der Waals surface area contributed by atoms with Crippen LogP contribution in [-0.4, -0.2) is 5.24 Å². The Balaban J connectivity index is 2.90. The molecule has 0 amide bonds. The highest BCUT2D eigenvalue weighted by Gasteiger charge is 1.93. The van der Waals surface area contributed by atoms with Gasteiger partial charge in [0.2, 0.25) is 5.24 Å². The summed E-state index contributed by atoms with van der Waals surface area (Å²) in [4.78, 5) is 10.2. The first-order valence-corrected chi connectivity index (χ1v) is 3.94. The highest BCUT2D eigenvalue weighted by molar-refractivity contribution is 6.63. The molecule has 0 aliphatic carbocycles. The first kappa shape index (κ1) is 9.70. The predicted octanol–water partition coefficient (Wildman–Crippen LogP) is 2.89. The van der Waals surface area contributed by atoms with Crippen LogP contribution in [0.25, 0.3) is 0 Å². The number of rotatable bonds is 6. The van der Waals surface area contributed by atoms with Gasteiger partial charge in [0.05, 0.1) is 0 Å². The third-order valence-corrected chi connectivity index (χ3v) is 1.47. The highest BCUT2D eigenvalue weighted by Crippen LogP contribution is 2.04. The lowest BCUT2D eigenvalue weighted by Gasteiger charge is -1.93. The molecule has 0 N–H and O–H groups in total. The third-order valence-electron chi connectivity index (χ3n) is 1.28. The van der Waals surface area contributed by atoms with Crippen LogP contribution in [-0.2, 0) is 4.79 Å². The van der Waals surface area contributed by atoms with Crippen molar-refractivity contribution in [3.63, 3.8) is 0 Å². The van der Waals surface area contributed by atoms with E-state index in [9.17, 15) is 4.79 Å². The number of allylic oxidation sites excluding steroid dienone is 1. The van der Waals surface area contributed by atoms with Crippen LogP contribution in [0.1, 0.15) is 32.1 Å². The van der Waals surface area contributed by atoms with Gasteiger partial charge < -0.3 is 0 Å². The van der Waals surface area contributed by atoms with Crippen LogP contribution in [0.2, 0.25) is 0 Å². The molecule has 0 bridgehead atoms. The van der Waals surface area contributed by atoms with Crippen LogP contribution in [0.15, 0.2) is 12.7 Å². The Morgan fingerprint density at radius 2 is 2.10 bits per heavy atom. The SMILES string of the molecule is C=CCCCCCC(=O)Cl. The summed E-state index contributed by atoms with van der Waals surface area (Å²) < 4.78 is 0. The molecule has 0 aliphatic rings. The molecule has 0 fully saturated rings. The van der Waals surface area contributed by atoms with Crippen LogP contribution in [0, 0.1) is 0 Å². The molecule has 2 heteroatoms. The number of hydrogen-bond acceptors (Lipinski definition) is 1. The minimum absolute atomic E-state index is 0.224. The van der Waals surface area contributed by atoms with Crippen LogP contribution in [0.3, 0.4) is 0 Å². The second-order valence-corrected chi connectivity index (χ2v) is 2.66.